The minimum absolute atomic E-state index is 0.0303. The van der Waals surface area contributed by atoms with Crippen molar-refractivity contribution in [1.82, 2.24) is 15.5 Å². The smallest absolute Gasteiger partial charge is 0.255 e. The van der Waals surface area contributed by atoms with Crippen LogP contribution in [0.2, 0.25) is 0 Å². The fourth-order valence-corrected chi connectivity index (χ4v) is 4.71. The van der Waals surface area contributed by atoms with Gasteiger partial charge in [-0.1, -0.05) is 29.8 Å². The van der Waals surface area contributed by atoms with E-state index >= 15 is 0 Å². The maximum absolute atomic E-state index is 13.1. The van der Waals surface area contributed by atoms with Crippen LogP contribution in [0.4, 0.5) is 0 Å². The van der Waals surface area contributed by atoms with Crippen LogP contribution in [0.25, 0.3) is 0 Å². The summed E-state index contributed by atoms with van der Waals surface area (Å²) in [6, 6.07) is 12.6. The molecule has 2 aliphatic heterocycles. The molecule has 5 rings (SSSR count). The largest absolute Gasteiger partial charge is 0.345 e. The molecule has 2 aromatic carbocycles. The number of aryl methyl sites for hydroxylation is 1. The van der Waals surface area contributed by atoms with Gasteiger partial charge in [0.25, 0.3) is 11.8 Å². The summed E-state index contributed by atoms with van der Waals surface area (Å²) in [6.45, 7) is 2.30. The molecule has 164 valence electrons. The molecule has 0 radical (unpaired) electrons. The Morgan fingerprint density at radius 2 is 1.91 bits per heavy atom. The molecule has 2 fully saturated rings. The Bertz CT molecular complexity index is 1140. The summed E-state index contributed by atoms with van der Waals surface area (Å²) >= 11 is 0. The number of piperidine rings is 1. The maximum atomic E-state index is 13.1. The summed E-state index contributed by atoms with van der Waals surface area (Å²) in [5, 5.41) is 5.49. The first-order chi connectivity index (χ1) is 15.4. The van der Waals surface area contributed by atoms with Crippen LogP contribution < -0.4 is 10.6 Å². The van der Waals surface area contributed by atoms with E-state index in [4.69, 9.17) is 0 Å². The minimum Gasteiger partial charge on any atom is -0.345 e. The molecular formula is C25H25N3O4. The Labute approximate surface area is 186 Å². The summed E-state index contributed by atoms with van der Waals surface area (Å²) in [5.74, 6) is -0.714. The van der Waals surface area contributed by atoms with Crippen molar-refractivity contribution in [2.45, 2.75) is 51.2 Å². The molecule has 0 spiro atoms. The van der Waals surface area contributed by atoms with Crippen LogP contribution >= 0.6 is 0 Å². The molecule has 1 aliphatic carbocycles. The van der Waals surface area contributed by atoms with Crippen molar-refractivity contribution < 1.29 is 19.2 Å². The van der Waals surface area contributed by atoms with Crippen LogP contribution in [0.15, 0.2) is 42.5 Å². The van der Waals surface area contributed by atoms with Crippen LogP contribution in [-0.2, 0) is 16.1 Å². The summed E-state index contributed by atoms with van der Waals surface area (Å²) in [5.41, 5.74) is 4.00. The topological polar surface area (TPSA) is 95.6 Å². The van der Waals surface area contributed by atoms with Crippen molar-refractivity contribution >= 4 is 23.6 Å². The summed E-state index contributed by atoms with van der Waals surface area (Å²) in [6.07, 6.45) is 2.72. The van der Waals surface area contributed by atoms with Gasteiger partial charge in [0.15, 0.2) is 0 Å². The highest BCUT2D eigenvalue weighted by atomic mass is 16.2. The molecule has 2 aromatic rings. The lowest BCUT2D eigenvalue weighted by Crippen LogP contribution is -2.52. The predicted molar refractivity (Wildman–Crippen MR) is 117 cm³/mol. The third kappa shape index (κ3) is 3.79. The molecular weight excluding hydrogens is 406 g/mol. The van der Waals surface area contributed by atoms with Crippen molar-refractivity contribution in [2.24, 2.45) is 5.92 Å². The van der Waals surface area contributed by atoms with Crippen LogP contribution in [0.3, 0.4) is 0 Å². The van der Waals surface area contributed by atoms with E-state index in [0.29, 0.717) is 23.5 Å². The van der Waals surface area contributed by atoms with Crippen LogP contribution in [0, 0.1) is 12.8 Å². The van der Waals surface area contributed by atoms with Gasteiger partial charge >= 0.3 is 0 Å². The van der Waals surface area contributed by atoms with E-state index in [2.05, 4.69) is 22.8 Å². The van der Waals surface area contributed by atoms with Gasteiger partial charge in [-0.2, -0.15) is 0 Å². The molecule has 2 atom stereocenters. The third-order valence-electron chi connectivity index (χ3n) is 6.57. The molecule has 4 amide bonds. The lowest BCUT2D eigenvalue weighted by molar-refractivity contribution is -0.136. The zero-order valence-corrected chi connectivity index (χ0v) is 17.9. The molecule has 7 nitrogen and oxygen atoms in total. The number of nitrogens with zero attached hydrogens (tertiary/aromatic N) is 1. The Morgan fingerprint density at radius 3 is 2.62 bits per heavy atom. The Balaban J connectivity index is 1.34. The van der Waals surface area contributed by atoms with Crippen molar-refractivity contribution in [3.8, 4) is 0 Å². The normalized spacial score (nSPS) is 21.2. The average Bonchev–Trinajstić information content (AvgIpc) is 3.56. The lowest BCUT2D eigenvalue weighted by Gasteiger charge is -2.29. The molecule has 0 aromatic heterocycles. The van der Waals surface area contributed by atoms with E-state index in [-0.39, 0.29) is 36.7 Å². The van der Waals surface area contributed by atoms with Gasteiger partial charge in [-0.3, -0.25) is 24.5 Å². The van der Waals surface area contributed by atoms with E-state index in [1.807, 2.05) is 19.1 Å². The average molecular weight is 431 g/mol. The number of benzene rings is 2. The number of hydrogen-bond acceptors (Lipinski definition) is 4. The Hall–Kier alpha value is -3.48. The number of carbonyl (C=O) groups is 4. The van der Waals surface area contributed by atoms with Gasteiger partial charge in [-0.25, -0.2) is 0 Å². The fraction of sp³-hybridized carbons (Fsp3) is 0.360. The lowest BCUT2D eigenvalue weighted by atomic mass is 9.99. The molecule has 1 saturated carbocycles. The first-order valence-electron chi connectivity index (χ1n) is 11.1. The number of hydrogen-bond donors (Lipinski definition) is 2. The van der Waals surface area contributed by atoms with Gasteiger partial charge in [0, 0.05) is 24.1 Å². The first-order valence-corrected chi connectivity index (χ1v) is 11.1. The van der Waals surface area contributed by atoms with Gasteiger partial charge in [0.2, 0.25) is 11.8 Å². The predicted octanol–water partition coefficient (Wildman–Crippen LogP) is 2.64. The second-order valence-electron chi connectivity index (χ2n) is 8.97. The first kappa shape index (κ1) is 20.4. The number of imide groups is 1. The molecule has 32 heavy (non-hydrogen) atoms. The highest BCUT2D eigenvalue weighted by Crippen LogP contribution is 2.41. The van der Waals surface area contributed by atoms with E-state index in [9.17, 15) is 19.2 Å². The fourth-order valence-electron chi connectivity index (χ4n) is 4.71. The molecule has 1 unspecified atom stereocenters. The van der Waals surface area contributed by atoms with Gasteiger partial charge in [0.05, 0.1) is 6.04 Å². The quantitative estimate of drug-likeness (QED) is 0.712. The zero-order chi connectivity index (χ0) is 22.4. The molecule has 3 aliphatic rings. The van der Waals surface area contributed by atoms with Crippen LogP contribution in [-0.4, -0.2) is 34.6 Å². The van der Waals surface area contributed by atoms with Crippen molar-refractivity contribution in [1.29, 1.82) is 0 Å². The molecule has 2 N–H and O–H groups in total. The molecule has 0 bridgehead atoms. The van der Waals surface area contributed by atoms with Crippen molar-refractivity contribution in [2.75, 3.05) is 0 Å². The monoisotopic (exact) mass is 431 g/mol. The van der Waals surface area contributed by atoms with Crippen molar-refractivity contribution in [3.63, 3.8) is 0 Å². The standard InChI is InChI=1S/C25H25N3O4/c1-14-3-2-4-16(11-14)22(15-5-6-15)27-23(30)17-7-8-19-18(12-17)13-28(25(19)32)20-9-10-21(29)26-24(20)31/h2-4,7-8,11-12,15,20,22H,5-6,9-10,13H2,1H3,(H,27,30)(H,26,29,31)/t20?,22-/m0/s1. The second-order valence-corrected chi connectivity index (χ2v) is 8.97. The third-order valence-corrected chi connectivity index (χ3v) is 6.57. The number of fused-ring (bicyclic) bond motifs is 1. The molecule has 2 heterocycles. The summed E-state index contributed by atoms with van der Waals surface area (Å²) in [4.78, 5) is 51.1. The van der Waals surface area contributed by atoms with Crippen LogP contribution in [0.1, 0.15) is 69.1 Å². The number of amides is 4. The second kappa shape index (κ2) is 7.89. The van der Waals surface area contributed by atoms with Gasteiger partial charge in [0.1, 0.15) is 6.04 Å². The van der Waals surface area contributed by atoms with E-state index in [0.717, 1.165) is 29.5 Å². The highest BCUT2D eigenvalue weighted by molar-refractivity contribution is 6.06. The molecule has 1 saturated heterocycles. The van der Waals surface area contributed by atoms with Gasteiger partial charge in [-0.15, -0.1) is 0 Å². The SMILES string of the molecule is Cc1cccc([C@@H](NC(=O)c2ccc3c(c2)CN(C2CCC(=O)NC2=O)C3=O)C2CC2)c1. The van der Waals surface area contributed by atoms with E-state index in [1.165, 1.54) is 4.90 Å². The summed E-state index contributed by atoms with van der Waals surface area (Å²) < 4.78 is 0. The van der Waals surface area contributed by atoms with E-state index in [1.54, 1.807) is 18.2 Å². The highest BCUT2D eigenvalue weighted by Gasteiger charge is 2.39. The van der Waals surface area contributed by atoms with Gasteiger partial charge < -0.3 is 10.2 Å². The zero-order valence-electron chi connectivity index (χ0n) is 17.9. The van der Waals surface area contributed by atoms with Crippen LogP contribution in [0.5, 0.6) is 0 Å². The Kier molecular flexibility index (Phi) is 5.04. The summed E-state index contributed by atoms with van der Waals surface area (Å²) in [7, 11) is 0. The number of carbonyl (C=O) groups excluding carboxylic acids is 4. The molecule has 7 heteroatoms. The Morgan fingerprint density at radius 1 is 1.09 bits per heavy atom. The van der Waals surface area contributed by atoms with Crippen molar-refractivity contribution in [3.05, 3.63) is 70.3 Å². The minimum atomic E-state index is -0.662. The number of nitrogens with one attached hydrogen (secondary N) is 2. The maximum Gasteiger partial charge on any atom is 0.255 e. The van der Waals surface area contributed by atoms with Gasteiger partial charge in [-0.05, 0) is 61.4 Å². The number of rotatable bonds is 5. The van der Waals surface area contributed by atoms with E-state index < -0.39 is 11.9 Å².